The number of hydrogen-bond donors (Lipinski definition) is 1. The van der Waals surface area contributed by atoms with E-state index in [-0.39, 0.29) is 18.3 Å². The number of carbonyl (C=O) groups is 1. The quantitative estimate of drug-likeness (QED) is 0.602. The van der Waals surface area contributed by atoms with Crippen LogP contribution in [0, 0.1) is 18.7 Å². The largest absolute Gasteiger partial charge is 0.347 e. The Balaban J connectivity index is 1.50. The Bertz CT molecular complexity index is 1080. The van der Waals surface area contributed by atoms with Gasteiger partial charge in [0.15, 0.2) is 0 Å². The summed E-state index contributed by atoms with van der Waals surface area (Å²) in [6.07, 6.45) is 4.16. The Morgan fingerprint density at radius 3 is 3.00 bits per heavy atom. The lowest BCUT2D eigenvalue weighted by Gasteiger charge is -2.29. The molecular weight excluding hydrogens is 399 g/mol. The first-order valence-corrected chi connectivity index (χ1v) is 11.1. The minimum Gasteiger partial charge on any atom is -0.347 e. The molecule has 1 aliphatic heterocycles. The topological polar surface area (TPSA) is 50.2 Å². The number of halogens is 1. The van der Waals surface area contributed by atoms with Crippen molar-refractivity contribution in [3.8, 4) is 0 Å². The molecule has 2 aromatic heterocycles. The summed E-state index contributed by atoms with van der Waals surface area (Å²) in [7, 11) is 1.90. The molecule has 1 saturated heterocycles. The number of fused-ring (bicyclic) bond motifs is 1. The van der Waals surface area contributed by atoms with Crippen LogP contribution in [0.5, 0.6) is 0 Å². The van der Waals surface area contributed by atoms with Crippen LogP contribution >= 0.6 is 11.9 Å². The average Bonchev–Trinajstić information content (AvgIpc) is 3.01. The molecule has 0 saturated carbocycles. The van der Waals surface area contributed by atoms with Crippen LogP contribution in [-0.2, 0) is 13.6 Å². The Morgan fingerprint density at radius 2 is 2.20 bits per heavy atom. The summed E-state index contributed by atoms with van der Waals surface area (Å²) in [6.45, 7) is 6.56. The van der Waals surface area contributed by atoms with Crippen molar-refractivity contribution >= 4 is 28.8 Å². The normalized spacial score (nSPS) is 17.4. The first-order valence-electron chi connectivity index (χ1n) is 10.3. The Kier molecular flexibility index (Phi) is 6.11. The summed E-state index contributed by atoms with van der Waals surface area (Å²) in [4.78, 5) is 18.3. The van der Waals surface area contributed by atoms with Crippen molar-refractivity contribution in [3.63, 3.8) is 0 Å². The molecule has 0 radical (unpaired) electrons. The fraction of sp³-hybridized carbons (Fsp3) is 0.391. The van der Waals surface area contributed by atoms with Gasteiger partial charge in [-0.05, 0) is 61.9 Å². The van der Waals surface area contributed by atoms with Gasteiger partial charge >= 0.3 is 0 Å². The highest BCUT2D eigenvalue weighted by Crippen LogP contribution is 2.32. The Hall–Kier alpha value is -2.38. The molecule has 3 heterocycles. The van der Waals surface area contributed by atoms with Gasteiger partial charge in [0.25, 0.3) is 5.91 Å². The third-order valence-corrected chi connectivity index (χ3v) is 7.03. The first kappa shape index (κ1) is 20.9. The summed E-state index contributed by atoms with van der Waals surface area (Å²) < 4.78 is 18.7. The van der Waals surface area contributed by atoms with Gasteiger partial charge in [0.2, 0.25) is 0 Å². The van der Waals surface area contributed by atoms with E-state index in [2.05, 4.69) is 21.5 Å². The lowest BCUT2D eigenvalue weighted by Crippen LogP contribution is -2.28. The van der Waals surface area contributed by atoms with Crippen LogP contribution in [0.15, 0.2) is 41.4 Å². The van der Waals surface area contributed by atoms with Gasteiger partial charge in [-0.15, -0.1) is 0 Å². The monoisotopic (exact) mass is 426 g/mol. The molecule has 0 spiro atoms. The molecule has 3 aromatic rings. The van der Waals surface area contributed by atoms with Crippen LogP contribution in [0.2, 0.25) is 0 Å². The van der Waals surface area contributed by atoms with E-state index in [9.17, 15) is 9.18 Å². The molecule has 0 bridgehead atoms. The standard InChI is InChI=1S/C23H27FN4OS/c1-15-6-5-11-28(14-15)30-22-12-21(27(3)16(22)2)23(29)26-13-18-17-7-4-10-25-20(17)9-8-19(18)24/h4,7-10,12,15H,5-6,11,13-14H2,1-3H3,(H,26,29). The number of benzene rings is 1. The summed E-state index contributed by atoms with van der Waals surface area (Å²) >= 11 is 1.73. The lowest BCUT2D eigenvalue weighted by molar-refractivity contribution is 0.0942. The van der Waals surface area contributed by atoms with Gasteiger partial charge in [-0.3, -0.25) is 9.78 Å². The van der Waals surface area contributed by atoms with Crippen molar-refractivity contribution in [1.29, 1.82) is 0 Å². The van der Waals surface area contributed by atoms with Crippen LogP contribution in [0.1, 0.15) is 41.5 Å². The number of nitrogens with one attached hydrogen (secondary N) is 1. The summed E-state index contributed by atoms with van der Waals surface area (Å²) in [5.74, 6) is 0.150. The van der Waals surface area contributed by atoms with E-state index in [1.165, 1.54) is 18.9 Å². The average molecular weight is 427 g/mol. The van der Waals surface area contributed by atoms with E-state index in [4.69, 9.17) is 0 Å². The van der Waals surface area contributed by atoms with Crippen molar-refractivity contribution in [1.82, 2.24) is 19.2 Å². The summed E-state index contributed by atoms with van der Waals surface area (Å²) in [5, 5.41) is 3.61. The number of rotatable bonds is 5. The third kappa shape index (κ3) is 4.23. The van der Waals surface area contributed by atoms with Gasteiger partial charge < -0.3 is 9.88 Å². The second-order valence-corrected chi connectivity index (χ2v) is 9.18. The molecule has 1 fully saturated rings. The minimum atomic E-state index is -0.339. The number of piperidine rings is 1. The molecule has 4 rings (SSSR count). The van der Waals surface area contributed by atoms with E-state index < -0.39 is 0 Å². The molecule has 1 aliphatic rings. The van der Waals surface area contributed by atoms with Gasteiger partial charge in [-0.2, -0.15) is 0 Å². The molecular formula is C23H27FN4OS. The molecule has 1 aromatic carbocycles. The van der Waals surface area contributed by atoms with Gasteiger partial charge in [-0.25, -0.2) is 8.70 Å². The highest BCUT2D eigenvalue weighted by molar-refractivity contribution is 7.97. The zero-order valence-corrected chi connectivity index (χ0v) is 18.4. The predicted molar refractivity (Wildman–Crippen MR) is 119 cm³/mol. The second-order valence-electron chi connectivity index (χ2n) is 8.04. The van der Waals surface area contributed by atoms with E-state index >= 15 is 0 Å². The van der Waals surface area contributed by atoms with Crippen LogP contribution in [0.3, 0.4) is 0 Å². The van der Waals surface area contributed by atoms with E-state index in [1.54, 1.807) is 30.3 Å². The molecule has 7 heteroatoms. The van der Waals surface area contributed by atoms with Gasteiger partial charge in [0, 0.05) is 54.4 Å². The second kappa shape index (κ2) is 8.78. The van der Waals surface area contributed by atoms with Crippen LogP contribution in [0.25, 0.3) is 10.9 Å². The third-order valence-electron chi connectivity index (χ3n) is 5.83. The molecule has 158 valence electrons. The molecule has 1 atom stereocenters. The van der Waals surface area contributed by atoms with Crippen molar-refractivity contribution in [2.75, 3.05) is 13.1 Å². The smallest absolute Gasteiger partial charge is 0.268 e. The molecule has 1 unspecified atom stereocenters. The van der Waals surface area contributed by atoms with E-state index in [0.29, 0.717) is 22.7 Å². The number of hydrogen-bond acceptors (Lipinski definition) is 4. The number of aromatic nitrogens is 2. The number of nitrogens with zero attached hydrogens (tertiary/aromatic N) is 3. The van der Waals surface area contributed by atoms with Crippen molar-refractivity contribution in [2.24, 2.45) is 13.0 Å². The molecule has 30 heavy (non-hydrogen) atoms. The maximum atomic E-state index is 14.4. The Morgan fingerprint density at radius 1 is 1.37 bits per heavy atom. The first-order chi connectivity index (χ1) is 14.4. The van der Waals surface area contributed by atoms with E-state index in [1.807, 2.05) is 30.7 Å². The molecule has 5 nitrogen and oxygen atoms in total. The highest BCUT2D eigenvalue weighted by Gasteiger charge is 2.22. The maximum Gasteiger partial charge on any atom is 0.268 e. The number of amides is 1. The number of carbonyl (C=O) groups excluding carboxylic acids is 1. The highest BCUT2D eigenvalue weighted by atomic mass is 32.2. The van der Waals surface area contributed by atoms with Crippen LogP contribution in [0.4, 0.5) is 4.39 Å². The van der Waals surface area contributed by atoms with Gasteiger partial charge in [0.05, 0.1) is 5.52 Å². The van der Waals surface area contributed by atoms with Crippen LogP contribution in [-0.4, -0.2) is 32.9 Å². The van der Waals surface area contributed by atoms with Gasteiger partial charge in [-0.1, -0.05) is 13.0 Å². The summed E-state index contributed by atoms with van der Waals surface area (Å²) in [5.41, 5.74) is 2.81. The van der Waals surface area contributed by atoms with Crippen molar-refractivity contribution in [2.45, 2.75) is 38.1 Å². The zero-order valence-electron chi connectivity index (χ0n) is 17.6. The predicted octanol–water partition coefficient (Wildman–Crippen LogP) is 4.69. The zero-order chi connectivity index (χ0) is 21.3. The SMILES string of the molecule is Cc1c(SN2CCCC(C)C2)cc(C(=O)NCc2c(F)ccc3ncccc23)n1C. The number of pyridine rings is 1. The summed E-state index contributed by atoms with van der Waals surface area (Å²) in [6, 6.07) is 8.60. The Labute approximate surface area is 180 Å². The maximum absolute atomic E-state index is 14.4. The molecule has 1 amide bonds. The molecule has 0 aliphatic carbocycles. The minimum absolute atomic E-state index is 0.115. The lowest BCUT2D eigenvalue weighted by atomic mass is 10.0. The van der Waals surface area contributed by atoms with Crippen LogP contribution < -0.4 is 5.32 Å². The fourth-order valence-corrected chi connectivity index (χ4v) is 5.24. The van der Waals surface area contributed by atoms with Crippen molar-refractivity contribution < 1.29 is 9.18 Å². The van der Waals surface area contributed by atoms with Crippen molar-refractivity contribution in [3.05, 3.63) is 59.3 Å². The van der Waals surface area contributed by atoms with Gasteiger partial charge in [0.1, 0.15) is 11.5 Å². The fourth-order valence-electron chi connectivity index (χ4n) is 3.98. The molecule has 1 N–H and O–H groups in total. The van der Waals surface area contributed by atoms with E-state index in [0.717, 1.165) is 29.1 Å².